The Bertz CT molecular complexity index is 1100. The molecular weight excluding hydrogens is 459 g/mol. The first kappa shape index (κ1) is 24.4. The number of aromatic carboxylic acids is 1. The normalized spacial score (nSPS) is 18.1. The van der Waals surface area contributed by atoms with E-state index in [-0.39, 0.29) is 16.1 Å². The summed E-state index contributed by atoms with van der Waals surface area (Å²) < 4.78 is 40.6. The van der Waals surface area contributed by atoms with E-state index in [1.54, 1.807) is 0 Å². The first-order valence-corrected chi connectivity index (χ1v) is 13.3. The molecule has 2 N–H and O–H groups in total. The first-order valence-electron chi connectivity index (χ1n) is 11.8. The highest BCUT2D eigenvalue weighted by atomic mass is 32.2. The van der Waals surface area contributed by atoms with E-state index in [1.807, 2.05) is 4.90 Å². The molecule has 0 radical (unpaired) electrons. The van der Waals surface area contributed by atoms with Crippen LogP contribution in [0, 0.1) is 11.7 Å². The van der Waals surface area contributed by atoms with E-state index in [0.29, 0.717) is 11.7 Å². The van der Waals surface area contributed by atoms with Crippen molar-refractivity contribution in [2.24, 2.45) is 5.92 Å². The fourth-order valence-corrected chi connectivity index (χ4v) is 5.77. The third kappa shape index (κ3) is 6.04. The van der Waals surface area contributed by atoms with Crippen LogP contribution in [0.4, 0.5) is 15.9 Å². The smallest absolute Gasteiger partial charge is 0.339 e. The Morgan fingerprint density at radius 2 is 1.76 bits per heavy atom. The molecule has 0 atom stereocenters. The number of pyridine rings is 1. The summed E-state index contributed by atoms with van der Waals surface area (Å²) in [7, 11) is -4.00. The Morgan fingerprint density at radius 3 is 2.41 bits per heavy atom. The van der Waals surface area contributed by atoms with Gasteiger partial charge in [0.1, 0.15) is 17.2 Å². The molecule has 2 fully saturated rings. The zero-order valence-electron chi connectivity index (χ0n) is 19.1. The third-order valence-corrected chi connectivity index (χ3v) is 8.09. The second-order valence-electron chi connectivity index (χ2n) is 9.08. The maximum absolute atomic E-state index is 13.1. The van der Waals surface area contributed by atoms with Gasteiger partial charge in [0.25, 0.3) is 10.0 Å². The van der Waals surface area contributed by atoms with Crippen molar-refractivity contribution in [1.29, 1.82) is 0 Å². The van der Waals surface area contributed by atoms with Crippen LogP contribution in [0.3, 0.4) is 0 Å². The van der Waals surface area contributed by atoms with Crippen LogP contribution in [-0.2, 0) is 10.0 Å². The summed E-state index contributed by atoms with van der Waals surface area (Å²) in [4.78, 5) is 20.6. The van der Waals surface area contributed by atoms with Gasteiger partial charge in [-0.2, -0.15) is 0 Å². The number of halogens is 1. The molecule has 184 valence electrons. The van der Waals surface area contributed by atoms with Crippen molar-refractivity contribution >= 4 is 27.5 Å². The van der Waals surface area contributed by atoms with Gasteiger partial charge in [-0.05, 0) is 88.0 Å². The van der Waals surface area contributed by atoms with Gasteiger partial charge in [0.05, 0.1) is 16.8 Å². The van der Waals surface area contributed by atoms with E-state index in [1.165, 1.54) is 44.6 Å². The van der Waals surface area contributed by atoms with Crippen LogP contribution in [-0.4, -0.2) is 62.1 Å². The van der Waals surface area contributed by atoms with E-state index in [0.717, 1.165) is 63.2 Å². The van der Waals surface area contributed by atoms with E-state index < -0.39 is 21.8 Å². The van der Waals surface area contributed by atoms with Crippen molar-refractivity contribution in [1.82, 2.24) is 9.88 Å². The quantitative estimate of drug-likeness (QED) is 0.580. The number of benzene rings is 1. The second kappa shape index (κ2) is 10.7. The number of nitrogens with one attached hydrogen (secondary N) is 1. The van der Waals surface area contributed by atoms with Gasteiger partial charge >= 0.3 is 5.97 Å². The van der Waals surface area contributed by atoms with Crippen LogP contribution >= 0.6 is 0 Å². The predicted octanol–water partition coefficient (Wildman–Crippen LogP) is 3.81. The number of rotatable bonds is 8. The van der Waals surface area contributed by atoms with Crippen molar-refractivity contribution in [2.75, 3.05) is 42.3 Å². The van der Waals surface area contributed by atoms with Crippen molar-refractivity contribution in [3.63, 3.8) is 0 Å². The Hall–Kier alpha value is -2.72. The van der Waals surface area contributed by atoms with Gasteiger partial charge < -0.3 is 14.9 Å². The topological polar surface area (TPSA) is 103 Å². The molecule has 0 bridgehead atoms. The summed E-state index contributed by atoms with van der Waals surface area (Å²) in [5, 5.41) is 9.76. The molecule has 4 rings (SSSR count). The van der Waals surface area contributed by atoms with Gasteiger partial charge in [0.2, 0.25) is 0 Å². The molecule has 2 aliphatic rings. The van der Waals surface area contributed by atoms with Gasteiger partial charge in [-0.15, -0.1) is 0 Å². The molecule has 2 aromatic rings. The van der Waals surface area contributed by atoms with Crippen molar-refractivity contribution < 1.29 is 22.7 Å². The standard InChI is InChI=1S/C24H31FN4O4S/c25-19-4-6-21(7-5-19)34(32,33)27-20-16-22(24(30)31)23(26-17-20)29-14-9-18(10-15-29)8-13-28-11-2-1-3-12-28/h4-7,16-18,27H,1-3,8-15H2,(H,30,31). The number of sulfonamides is 1. The van der Waals surface area contributed by atoms with E-state index >= 15 is 0 Å². The summed E-state index contributed by atoms with van der Waals surface area (Å²) in [6, 6.07) is 5.68. The number of hydrogen-bond donors (Lipinski definition) is 2. The predicted molar refractivity (Wildman–Crippen MR) is 128 cm³/mol. The number of carboxylic acid groups (broad SMARTS) is 1. The average molecular weight is 491 g/mol. The average Bonchev–Trinajstić information content (AvgIpc) is 2.84. The molecule has 8 nitrogen and oxygen atoms in total. The Morgan fingerprint density at radius 1 is 1.09 bits per heavy atom. The Kier molecular flexibility index (Phi) is 7.67. The van der Waals surface area contributed by atoms with Crippen molar-refractivity contribution in [3.8, 4) is 0 Å². The van der Waals surface area contributed by atoms with E-state index in [9.17, 15) is 22.7 Å². The van der Waals surface area contributed by atoms with Gasteiger partial charge in [0.15, 0.2) is 0 Å². The summed E-state index contributed by atoms with van der Waals surface area (Å²) >= 11 is 0. The monoisotopic (exact) mass is 490 g/mol. The van der Waals surface area contributed by atoms with Crippen molar-refractivity contribution in [2.45, 2.75) is 43.4 Å². The SMILES string of the molecule is O=C(O)c1cc(NS(=O)(=O)c2ccc(F)cc2)cnc1N1CCC(CCN2CCCCC2)CC1. The lowest BCUT2D eigenvalue weighted by Gasteiger charge is -2.35. The second-order valence-corrected chi connectivity index (χ2v) is 10.8. The van der Waals surface area contributed by atoms with Gasteiger partial charge in [0, 0.05) is 13.1 Å². The number of carbonyl (C=O) groups is 1. The van der Waals surface area contributed by atoms with Gasteiger partial charge in [-0.25, -0.2) is 22.6 Å². The molecule has 3 heterocycles. The van der Waals surface area contributed by atoms with Crippen LogP contribution in [0.25, 0.3) is 0 Å². The molecule has 2 saturated heterocycles. The lowest BCUT2D eigenvalue weighted by atomic mass is 9.93. The molecule has 2 aliphatic heterocycles. The molecule has 0 aliphatic carbocycles. The third-order valence-electron chi connectivity index (χ3n) is 6.69. The van der Waals surface area contributed by atoms with Gasteiger partial charge in [-0.1, -0.05) is 6.42 Å². The minimum atomic E-state index is -4.00. The number of nitrogens with zero attached hydrogens (tertiary/aromatic N) is 3. The maximum Gasteiger partial charge on any atom is 0.339 e. The molecule has 34 heavy (non-hydrogen) atoms. The maximum atomic E-state index is 13.1. The highest BCUT2D eigenvalue weighted by molar-refractivity contribution is 7.92. The largest absolute Gasteiger partial charge is 0.478 e. The highest BCUT2D eigenvalue weighted by Gasteiger charge is 2.25. The number of carboxylic acids is 1. The van der Waals surface area contributed by atoms with Crippen LogP contribution < -0.4 is 9.62 Å². The summed E-state index contributed by atoms with van der Waals surface area (Å²) in [5.41, 5.74) is -0.00651. The number of hydrogen-bond acceptors (Lipinski definition) is 6. The number of aromatic nitrogens is 1. The summed E-state index contributed by atoms with van der Waals surface area (Å²) in [6.45, 7) is 4.97. The molecular formula is C24H31FN4O4S. The fraction of sp³-hybridized carbons (Fsp3) is 0.500. The lowest BCUT2D eigenvalue weighted by Crippen LogP contribution is -2.37. The highest BCUT2D eigenvalue weighted by Crippen LogP contribution is 2.29. The van der Waals surface area contributed by atoms with Gasteiger partial charge in [-0.3, -0.25) is 4.72 Å². The minimum absolute atomic E-state index is 0.0434. The minimum Gasteiger partial charge on any atom is -0.478 e. The van der Waals surface area contributed by atoms with E-state index in [2.05, 4.69) is 14.6 Å². The van der Waals surface area contributed by atoms with Crippen LogP contribution in [0.15, 0.2) is 41.4 Å². The zero-order valence-corrected chi connectivity index (χ0v) is 19.9. The molecule has 10 heteroatoms. The first-order chi connectivity index (χ1) is 16.3. The number of anilines is 2. The molecule has 1 aromatic carbocycles. The fourth-order valence-electron chi connectivity index (χ4n) is 4.73. The summed E-state index contributed by atoms with van der Waals surface area (Å²) in [6.07, 6.45) is 8.36. The van der Waals surface area contributed by atoms with Crippen LogP contribution in [0.2, 0.25) is 0 Å². The van der Waals surface area contributed by atoms with Crippen LogP contribution in [0.1, 0.15) is 48.9 Å². The Labute approximate surface area is 199 Å². The van der Waals surface area contributed by atoms with Crippen LogP contribution in [0.5, 0.6) is 0 Å². The number of piperidine rings is 2. The summed E-state index contributed by atoms with van der Waals surface area (Å²) in [5.74, 6) is -0.745. The molecule has 0 unspecified atom stereocenters. The Balaban J connectivity index is 1.40. The molecule has 0 spiro atoms. The number of likely N-dealkylation sites (tertiary alicyclic amines) is 1. The van der Waals surface area contributed by atoms with Crippen molar-refractivity contribution in [3.05, 3.63) is 47.9 Å². The van der Waals surface area contributed by atoms with E-state index in [4.69, 9.17) is 0 Å². The molecule has 1 aromatic heterocycles. The lowest BCUT2D eigenvalue weighted by molar-refractivity contribution is 0.0697. The molecule has 0 saturated carbocycles. The molecule has 0 amide bonds. The zero-order chi connectivity index (χ0) is 24.1.